The largest absolute Gasteiger partial charge is 0.469 e. The molecular weight excluding hydrogens is 495 g/mol. The van der Waals surface area contributed by atoms with Gasteiger partial charge in [0.15, 0.2) is 6.10 Å². The van der Waals surface area contributed by atoms with Crippen molar-refractivity contribution in [2.45, 2.75) is 155 Å². The minimum absolute atomic E-state index is 0.214. The lowest BCUT2D eigenvalue weighted by molar-refractivity contribution is -0.160. The molecule has 0 saturated heterocycles. The van der Waals surface area contributed by atoms with Crippen LogP contribution in [0, 0.1) is 0 Å². The van der Waals surface area contributed by atoms with Crippen molar-refractivity contribution in [1.82, 2.24) is 0 Å². The fourth-order valence-corrected chi connectivity index (χ4v) is 4.64. The number of carbonyl (C=O) groups excluding carboxylic acids is 2. The molecule has 0 aliphatic heterocycles. The van der Waals surface area contributed by atoms with Crippen molar-refractivity contribution < 1.29 is 37.9 Å². The van der Waals surface area contributed by atoms with Gasteiger partial charge in [0.25, 0.3) is 0 Å². The Morgan fingerprint density at radius 2 is 1.03 bits per heavy atom. The van der Waals surface area contributed by atoms with Crippen LogP contribution in [0.5, 0.6) is 0 Å². The van der Waals surface area contributed by atoms with E-state index >= 15 is 0 Å². The maximum absolute atomic E-state index is 12.0. The van der Waals surface area contributed by atoms with Crippen LogP contribution in [0.1, 0.15) is 149 Å². The number of esters is 2. The molecule has 0 fully saturated rings. The van der Waals surface area contributed by atoms with E-state index in [2.05, 4.69) is 11.4 Å². The van der Waals surface area contributed by atoms with Gasteiger partial charge in [-0.05, 0) is 6.42 Å². The molecule has 0 heterocycles. The highest BCUT2D eigenvalue weighted by Gasteiger charge is 2.22. The molecule has 8 nitrogen and oxygen atoms in total. The maximum atomic E-state index is 12.0. The first-order valence-electron chi connectivity index (χ1n) is 14.8. The average Bonchev–Trinajstić information content (AvgIpc) is 2.83. The second kappa shape index (κ2) is 25.3. The van der Waals surface area contributed by atoms with Crippen molar-refractivity contribution in [3.05, 3.63) is 0 Å². The summed E-state index contributed by atoms with van der Waals surface area (Å²) in [5.74, 6) is -1.07. The lowest BCUT2D eigenvalue weighted by Crippen LogP contribution is -2.29. The van der Waals surface area contributed by atoms with Crippen LogP contribution in [0.3, 0.4) is 0 Å². The maximum Gasteiger partial charge on any atom is 0.469 e. The summed E-state index contributed by atoms with van der Waals surface area (Å²) in [7, 11) is -4.70. The number of hydrogen-bond acceptors (Lipinski definition) is 6. The molecule has 0 aromatic rings. The quantitative estimate of drug-likeness (QED) is 0.0604. The summed E-state index contributed by atoms with van der Waals surface area (Å²) < 4.78 is 25.1. The lowest BCUT2D eigenvalue weighted by atomic mass is 10.0. The molecule has 0 saturated carbocycles. The molecule has 0 aromatic heterocycles. The van der Waals surface area contributed by atoms with Crippen LogP contribution in [0.4, 0.5) is 0 Å². The Kier molecular flexibility index (Phi) is 24.7. The molecular formula is C28H55O8P. The fourth-order valence-electron chi connectivity index (χ4n) is 4.28. The molecule has 0 bridgehead atoms. The number of rotatable bonds is 27. The van der Waals surface area contributed by atoms with Gasteiger partial charge in [0, 0.05) is 13.3 Å². The number of ether oxygens (including phenoxy) is 2. The minimum Gasteiger partial charge on any atom is -0.462 e. The standard InChI is InChI=1S/C28H55O8P/c1-3-4-5-6-7-8-9-10-11-12-13-14-15-16-17-18-19-20-21-22-23-28(30)36-27(24-34-26(2)29)25-35-37(31,32)33/h27H,3-25H2,1-2H3,(H2,31,32,33). The molecule has 1 atom stereocenters. The topological polar surface area (TPSA) is 119 Å². The second-order valence-corrected chi connectivity index (χ2v) is 11.4. The average molecular weight is 551 g/mol. The Balaban J connectivity index is 3.52. The van der Waals surface area contributed by atoms with Crippen molar-refractivity contribution in [1.29, 1.82) is 0 Å². The van der Waals surface area contributed by atoms with E-state index in [0.717, 1.165) is 12.8 Å². The third-order valence-electron chi connectivity index (χ3n) is 6.43. The van der Waals surface area contributed by atoms with Gasteiger partial charge >= 0.3 is 19.8 Å². The molecule has 37 heavy (non-hydrogen) atoms. The normalized spacial score (nSPS) is 12.4. The van der Waals surface area contributed by atoms with Crippen LogP contribution in [0.25, 0.3) is 0 Å². The number of phosphoric acid groups is 1. The van der Waals surface area contributed by atoms with Crippen molar-refractivity contribution in [3.8, 4) is 0 Å². The molecule has 0 aromatic carbocycles. The number of carbonyl (C=O) groups is 2. The molecule has 0 radical (unpaired) electrons. The van der Waals surface area contributed by atoms with E-state index in [1.165, 1.54) is 116 Å². The molecule has 9 heteroatoms. The molecule has 0 rings (SSSR count). The Hall–Kier alpha value is -0.950. The summed E-state index contributed by atoms with van der Waals surface area (Å²) in [5.41, 5.74) is 0. The van der Waals surface area contributed by atoms with Gasteiger partial charge in [-0.3, -0.25) is 14.1 Å². The number of unbranched alkanes of at least 4 members (excludes halogenated alkanes) is 19. The van der Waals surface area contributed by atoms with Crippen molar-refractivity contribution in [2.75, 3.05) is 13.2 Å². The van der Waals surface area contributed by atoms with Crippen LogP contribution in [-0.2, 0) is 28.2 Å². The van der Waals surface area contributed by atoms with Crippen molar-refractivity contribution >= 4 is 19.8 Å². The molecule has 2 N–H and O–H groups in total. The summed E-state index contributed by atoms with van der Waals surface area (Å²) in [6.45, 7) is 2.62. The van der Waals surface area contributed by atoms with E-state index in [-0.39, 0.29) is 13.0 Å². The minimum atomic E-state index is -4.70. The summed E-state index contributed by atoms with van der Waals surface area (Å²) in [5, 5.41) is 0. The number of hydrogen-bond donors (Lipinski definition) is 2. The Labute approximate surface area is 225 Å². The summed E-state index contributed by atoms with van der Waals surface area (Å²) in [4.78, 5) is 40.6. The van der Waals surface area contributed by atoms with Gasteiger partial charge in [-0.25, -0.2) is 4.57 Å². The third kappa shape index (κ3) is 29.5. The smallest absolute Gasteiger partial charge is 0.462 e. The lowest BCUT2D eigenvalue weighted by Gasteiger charge is -2.18. The summed E-state index contributed by atoms with van der Waals surface area (Å²) in [6, 6.07) is 0. The number of phosphoric ester groups is 1. The molecule has 0 aliphatic rings. The van der Waals surface area contributed by atoms with Crippen LogP contribution in [0.15, 0.2) is 0 Å². The fraction of sp³-hybridized carbons (Fsp3) is 0.929. The van der Waals surface area contributed by atoms with Crippen LogP contribution >= 0.6 is 7.82 Å². The van der Waals surface area contributed by atoms with Crippen molar-refractivity contribution in [3.63, 3.8) is 0 Å². The van der Waals surface area contributed by atoms with Gasteiger partial charge in [-0.2, -0.15) is 0 Å². The Morgan fingerprint density at radius 3 is 1.38 bits per heavy atom. The van der Waals surface area contributed by atoms with E-state index in [9.17, 15) is 14.2 Å². The zero-order valence-electron chi connectivity index (χ0n) is 23.6. The van der Waals surface area contributed by atoms with Crippen molar-refractivity contribution in [2.24, 2.45) is 0 Å². The van der Waals surface area contributed by atoms with Crippen LogP contribution in [-0.4, -0.2) is 41.0 Å². The molecule has 0 aliphatic carbocycles. The summed E-state index contributed by atoms with van der Waals surface area (Å²) >= 11 is 0. The van der Waals surface area contributed by atoms with Crippen LogP contribution in [0.2, 0.25) is 0 Å². The third-order valence-corrected chi connectivity index (χ3v) is 6.92. The molecule has 1 unspecified atom stereocenters. The molecule has 220 valence electrons. The van der Waals surface area contributed by atoms with E-state index in [4.69, 9.17) is 19.3 Å². The predicted octanol–water partition coefficient (Wildman–Crippen LogP) is 7.78. The monoisotopic (exact) mass is 550 g/mol. The Morgan fingerprint density at radius 1 is 0.649 bits per heavy atom. The van der Waals surface area contributed by atoms with Gasteiger partial charge < -0.3 is 19.3 Å². The van der Waals surface area contributed by atoms with Gasteiger partial charge in [0.05, 0.1) is 6.61 Å². The first-order valence-corrected chi connectivity index (χ1v) is 16.3. The second-order valence-electron chi connectivity index (χ2n) is 10.2. The highest BCUT2D eigenvalue weighted by molar-refractivity contribution is 7.46. The zero-order chi connectivity index (χ0) is 27.6. The first-order chi connectivity index (χ1) is 17.7. The van der Waals surface area contributed by atoms with Crippen LogP contribution < -0.4 is 0 Å². The highest BCUT2D eigenvalue weighted by Crippen LogP contribution is 2.35. The Bertz CT molecular complexity index is 593. The first kappa shape index (κ1) is 36.0. The van der Waals surface area contributed by atoms with E-state index < -0.39 is 32.5 Å². The molecule has 0 amide bonds. The van der Waals surface area contributed by atoms with Gasteiger partial charge in [0.1, 0.15) is 6.61 Å². The predicted molar refractivity (Wildman–Crippen MR) is 147 cm³/mol. The molecule has 0 spiro atoms. The van der Waals surface area contributed by atoms with Gasteiger partial charge in [-0.15, -0.1) is 0 Å². The van der Waals surface area contributed by atoms with E-state index in [0.29, 0.717) is 6.42 Å². The zero-order valence-corrected chi connectivity index (χ0v) is 24.5. The van der Waals surface area contributed by atoms with Gasteiger partial charge in [-0.1, -0.05) is 129 Å². The van der Waals surface area contributed by atoms with Gasteiger partial charge in [0.2, 0.25) is 0 Å². The highest BCUT2D eigenvalue weighted by atomic mass is 31.2. The van der Waals surface area contributed by atoms with E-state index in [1.807, 2.05) is 0 Å². The SMILES string of the molecule is CCCCCCCCCCCCCCCCCCCCCCC(=O)OC(COC(C)=O)COP(=O)(O)O. The summed E-state index contributed by atoms with van der Waals surface area (Å²) in [6.07, 6.45) is 24.9. The van der Waals surface area contributed by atoms with E-state index in [1.54, 1.807) is 0 Å².